The molecule has 0 saturated heterocycles. The summed E-state index contributed by atoms with van der Waals surface area (Å²) in [5.74, 6) is 0.729. The van der Waals surface area contributed by atoms with Crippen molar-refractivity contribution in [3.05, 3.63) is 71.8 Å². The molecule has 2 aliphatic rings. The van der Waals surface area contributed by atoms with Gasteiger partial charge in [-0.3, -0.25) is 4.99 Å². The molecule has 184 valence electrons. The van der Waals surface area contributed by atoms with Crippen LogP contribution in [-0.4, -0.2) is 38.0 Å². The number of guanidine groups is 1. The first-order chi connectivity index (χ1) is 16.9. The Labute approximate surface area is 200 Å². The van der Waals surface area contributed by atoms with E-state index >= 15 is 0 Å². The number of hydrogen-bond donors (Lipinski definition) is 2. The lowest BCUT2D eigenvalue weighted by Crippen LogP contribution is -2.43. The van der Waals surface area contributed by atoms with Crippen LogP contribution in [0.25, 0.3) is 12.2 Å². The Morgan fingerprint density at radius 2 is 1.40 bits per heavy atom. The first-order valence-electron chi connectivity index (χ1n) is 11.0. The van der Waals surface area contributed by atoms with E-state index in [-0.39, 0.29) is 11.5 Å². The van der Waals surface area contributed by atoms with E-state index in [1.807, 2.05) is 0 Å². The van der Waals surface area contributed by atoms with Gasteiger partial charge in [0.2, 0.25) is 5.96 Å². The number of allylic oxidation sites excluding steroid dienone is 2. The Hall–Kier alpha value is -3.82. The maximum Gasteiger partial charge on any atom is 0.387 e. The molecule has 0 unspecified atom stereocenters. The van der Waals surface area contributed by atoms with E-state index < -0.39 is 13.2 Å². The predicted octanol–water partition coefficient (Wildman–Crippen LogP) is 5.30. The zero-order valence-corrected chi connectivity index (χ0v) is 18.6. The van der Waals surface area contributed by atoms with Crippen molar-refractivity contribution >= 4 is 23.8 Å². The van der Waals surface area contributed by atoms with E-state index in [1.54, 1.807) is 48.6 Å². The molecule has 0 aromatic heterocycles. The van der Waals surface area contributed by atoms with Gasteiger partial charge < -0.3 is 14.8 Å². The molecule has 10 heteroatoms. The van der Waals surface area contributed by atoms with Crippen molar-refractivity contribution in [3.8, 4) is 11.5 Å². The highest BCUT2D eigenvalue weighted by molar-refractivity contribution is 6.09. The summed E-state index contributed by atoms with van der Waals surface area (Å²) in [6, 6.07) is 12.4. The van der Waals surface area contributed by atoms with E-state index in [4.69, 9.17) is 0 Å². The van der Waals surface area contributed by atoms with Crippen molar-refractivity contribution in [2.45, 2.75) is 26.1 Å². The second-order valence-corrected chi connectivity index (χ2v) is 8.23. The summed E-state index contributed by atoms with van der Waals surface area (Å²) in [5.41, 5.74) is 5.30. The van der Waals surface area contributed by atoms with Gasteiger partial charge in [0.05, 0.1) is 12.3 Å². The van der Waals surface area contributed by atoms with Crippen LogP contribution in [0.15, 0.2) is 70.8 Å². The van der Waals surface area contributed by atoms with Gasteiger partial charge in [0, 0.05) is 12.0 Å². The number of rotatable bonds is 9. The number of hydrogen-bond acceptors (Lipinski definition) is 6. The lowest BCUT2D eigenvalue weighted by atomic mass is 10.1. The van der Waals surface area contributed by atoms with E-state index in [9.17, 15) is 17.6 Å². The summed E-state index contributed by atoms with van der Waals surface area (Å²) >= 11 is 0. The molecule has 4 rings (SSSR count). The van der Waals surface area contributed by atoms with Crippen molar-refractivity contribution in [2.24, 2.45) is 15.5 Å². The van der Waals surface area contributed by atoms with Gasteiger partial charge in [-0.2, -0.15) is 22.7 Å². The molecule has 2 N–H and O–H groups in total. The quantitative estimate of drug-likeness (QED) is 0.286. The predicted molar refractivity (Wildman–Crippen MR) is 127 cm³/mol. The lowest BCUT2D eigenvalue weighted by molar-refractivity contribution is -0.0505. The highest BCUT2D eigenvalue weighted by Gasteiger charge is 2.44. The van der Waals surface area contributed by atoms with Crippen molar-refractivity contribution in [1.29, 1.82) is 0 Å². The lowest BCUT2D eigenvalue weighted by Gasteiger charge is -2.21. The number of hydrazone groups is 1. The third-order valence-corrected chi connectivity index (χ3v) is 5.56. The molecule has 0 bridgehead atoms. The van der Waals surface area contributed by atoms with Crippen LogP contribution in [0.3, 0.4) is 0 Å². The van der Waals surface area contributed by atoms with Gasteiger partial charge in [-0.25, -0.2) is 5.43 Å². The van der Waals surface area contributed by atoms with Crippen molar-refractivity contribution in [3.63, 3.8) is 0 Å². The number of aliphatic imine (C=N–C) groups is 1. The minimum atomic E-state index is -2.88. The van der Waals surface area contributed by atoms with E-state index in [0.717, 1.165) is 24.2 Å². The van der Waals surface area contributed by atoms with Crippen molar-refractivity contribution < 1.29 is 27.0 Å². The van der Waals surface area contributed by atoms with Crippen LogP contribution < -0.4 is 20.2 Å². The monoisotopic (exact) mass is 488 g/mol. The second-order valence-electron chi connectivity index (χ2n) is 8.23. The van der Waals surface area contributed by atoms with Crippen LogP contribution in [0.2, 0.25) is 0 Å². The molecule has 1 heterocycles. The Morgan fingerprint density at radius 3 is 1.80 bits per heavy atom. The number of ether oxygens (including phenoxy) is 2. The summed E-state index contributed by atoms with van der Waals surface area (Å²) in [4.78, 5) is 4.51. The molecule has 1 aliphatic heterocycles. The molecule has 1 saturated carbocycles. The van der Waals surface area contributed by atoms with Gasteiger partial charge >= 0.3 is 13.2 Å². The zero-order valence-electron chi connectivity index (χ0n) is 18.6. The fraction of sp³-hybridized carbons (Fsp3) is 0.280. The summed E-state index contributed by atoms with van der Waals surface area (Å²) < 4.78 is 58.1. The Balaban J connectivity index is 1.46. The molecular weight excluding hydrogens is 464 g/mol. The summed E-state index contributed by atoms with van der Waals surface area (Å²) in [7, 11) is 0. The second kappa shape index (κ2) is 11.1. The number of alkyl halides is 4. The third-order valence-electron chi connectivity index (χ3n) is 5.56. The van der Waals surface area contributed by atoms with Crippen LogP contribution in [-0.2, 0) is 0 Å². The zero-order chi connectivity index (χ0) is 24.7. The Kier molecular flexibility index (Phi) is 7.69. The Morgan fingerprint density at radius 1 is 0.886 bits per heavy atom. The third kappa shape index (κ3) is 7.59. The van der Waals surface area contributed by atoms with E-state index in [0.29, 0.717) is 17.1 Å². The van der Waals surface area contributed by atoms with Crippen molar-refractivity contribution in [2.75, 3.05) is 13.1 Å². The summed E-state index contributed by atoms with van der Waals surface area (Å²) in [5, 5.41) is 7.66. The van der Waals surface area contributed by atoms with Gasteiger partial charge in [-0.05, 0) is 60.4 Å². The van der Waals surface area contributed by atoms with Crippen LogP contribution >= 0.6 is 0 Å². The molecular formula is C25H24F4N4O2. The minimum absolute atomic E-state index is 0.0710. The first-order valence-corrected chi connectivity index (χ1v) is 11.0. The number of halogens is 4. The first kappa shape index (κ1) is 24.3. The Bertz CT molecular complexity index is 1040. The number of nitrogens with zero attached hydrogens (tertiary/aromatic N) is 2. The van der Waals surface area contributed by atoms with Gasteiger partial charge in [0.25, 0.3) is 0 Å². The van der Waals surface area contributed by atoms with Crippen LogP contribution in [0.4, 0.5) is 17.6 Å². The SMILES string of the molecule is FC(F)Oc1ccc(C=CC(C=Cc2ccc(OC(F)F)cc2)=NNC2=NCC3(CC3)CN2)cc1. The highest BCUT2D eigenvalue weighted by Crippen LogP contribution is 2.46. The fourth-order valence-corrected chi connectivity index (χ4v) is 3.35. The van der Waals surface area contributed by atoms with Gasteiger partial charge in [-0.15, -0.1) is 0 Å². The van der Waals surface area contributed by atoms with Crippen LogP contribution in [0, 0.1) is 5.41 Å². The number of nitrogens with one attached hydrogen (secondary N) is 2. The van der Waals surface area contributed by atoms with Crippen LogP contribution in [0.1, 0.15) is 24.0 Å². The maximum absolute atomic E-state index is 12.3. The van der Waals surface area contributed by atoms with Crippen LogP contribution in [0.5, 0.6) is 11.5 Å². The average molecular weight is 488 g/mol. The topological polar surface area (TPSA) is 67.2 Å². The maximum atomic E-state index is 12.3. The smallest absolute Gasteiger partial charge is 0.387 e. The molecule has 1 spiro atoms. The van der Waals surface area contributed by atoms with Gasteiger partial charge in [-0.1, -0.05) is 36.4 Å². The van der Waals surface area contributed by atoms with E-state index in [1.165, 1.54) is 37.1 Å². The molecule has 0 amide bonds. The molecule has 2 aromatic carbocycles. The molecule has 0 atom stereocenters. The molecule has 1 fully saturated rings. The standard InChI is InChI=1S/C25H24F4N4O2/c26-22(27)34-20-9-3-17(4-10-20)1-7-19(32-33-24-30-15-25(13-14-25)16-31-24)8-2-18-5-11-21(12-6-18)35-23(28)29/h1-12,22-23H,13-16H2,(H2,30,31,33). The van der Waals surface area contributed by atoms with Gasteiger partial charge in [0.15, 0.2) is 0 Å². The largest absolute Gasteiger partial charge is 0.435 e. The minimum Gasteiger partial charge on any atom is -0.435 e. The fourth-order valence-electron chi connectivity index (χ4n) is 3.35. The summed E-state index contributed by atoms with van der Waals surface area (Å²) in [6.45, 7) is -4.14. The average Bonchev–Trinajstić information content (AvgIpc) is 3.60. The molecule has 0 radical (unpaired) electrons. The molecule has 1 aliphatic carbocycles. The molecule has 2 aromatic rings. The summed E-state index contributed by atoms with van der Waals surface area (Å²) in [6.07, 6.45) is 9.38. The molecule has 6 nitrogen and oxygen atoms in total. The highest BCUT2D eigenvalue weighted by atomic mass is 19.3. The van der Waals surface area contributed by atoms with Crippen molar-refractivity contribution in [1.82, 2.24) is 10.7 Å². The van der Waals surface area contributed by atoms with E-state index in [2.05, 4.69) is 30.3 Å². The van der Waals surface area contributed by atoms with Gasteiger partial charge in [0.1, 0.15) is 11.5 Å². The normalized spacial score (nSPS) is 16.5. The number of benzene rings is 2. The molecule has 35 heavy (non-hydrogen) atoms.